The summed E-state index contributed by atoms with van der Waals surface area (Å²) in [6.45, 7) is 8.63. The van der Waals surface area contributed by atoms with Crippen molar-refractivity contribution < 1.29 is 4.79 Å². The number of carbonyl (C=O) groups excluding carboxylic acids is 1. The van der Waals surface area contributed by atoms with Crippen LogP contribution in [-0.2, 0) is 6.54 Å². The second-order valence-corrected chi connectivity index (χ2v) is 10.8. The lowest BCUT2D eigenvalue weighted by Crippen LogP contribution is -2.37. The van der Waals surface area contributed by atoms with E-state index >= 15 is 0 Å². The lowest BCUT2D eigenvalue weighted by Gasteiger charge is -2.30. The number of anilines is 1. The predicted octanol–water partition coefficient (Wildman–Crippen LogP) is 5.58. The molecule has 1 aliphatic heterocycles. The molecule has 40 heavy (non-hydrogen) atoms. The number of rotatable bonds is 7. The van der Waals surface area contributed by atoms with Crippen molar-refractivity contribution in [1.29, 1.82) is 0 Å². The summed E-state index contributed by atoms with van der Waals surface area (Å²) in [6.07, 6.45) is 7.65. The SMILES string of the molecule is CC1CCN(C(=O)c2cccc(-c3nc(NCc4ccccc4-n4cccn4)n4ncc(C(C)C)c4n3)c2)CC1. The van der Waals surface area contributed by atoms with Crippen molar-refractivity contribution in [2.24, 2.45) is 5.92 Å². The maximum Gasteiger partial charge on any atom is 0.253 e. The Balaban J connectivity index is 1.35. The van der Waals surface area contributed by atoms with Gasteiger partial charge >= 0.3 is 0 Å². The number of benzene rings is 2. The Morgan fingerprint density at radius 3 is 2.62 bits per heavy atom. The van der Waals surface area contributed by atoms with E-state index < -0.39 is 0 Å². The molecule has 4 heterocycles. The largest absolute Gasteiger partial charge is 0.350 e. The number of likely N-dealkylation sites (tertiary alicyclic amines) is 1. The first kappa shape index (κ1) is 25.7. The first-order chi connectivity index (χ1) is 19.5. The molecule has 1 fully saturated rings. The number of carbonyl (C=O) groups is 1. The topological polar surface area (TPSA) is 93.2 Å². The van der Waals surface area contributed by atoms with Crippen LogP contribution in [0.15, 0.2) is 73.2 Å². The fourth-order valence-corrected chi connectivity index (χ4v) is 5.20. The highest BCUT2D eigenvalue weighted by molar-refractivity contribution is 5.95. The predicted molar refractivity (Wildman–Crippen MR) is 155 cm³/mol. The van der Waals surface area contributed by atoms with E-state index in [4.69, 9.17) is 9.97 Å². The van der Waals surface area contributed by atoms with E-state index in [1.165, 1.54) is 0 Å². The molecular formula is C31H34N8O. The molecule has 1 saturated heterocycles. The van der Waals surface area contributed by atoms with Crippen LogP contribution < -0.4 is 5.32 Å². The van der Waals surface area contributed by atoms with Crippen LogP contribution in [0.3, 0.4) is 0 Å². The van der Waals surface area contributed by atoms with Gasteiger partial charge in [0.05, 0.1) is 11.9 Å². The molecule has 1 N–H and O–H groups in total. The third kappa shape index (κ3) is 5.06. The summed E-state index contributed by atoms with van der Waals surface area (Å²) in [5, 5.41) is 12.5. The average Bonchev–Trinajstić information content (AvgIpc) is 3.67. The van der Waals surface area contributed by atoms with Crippen molar-refractivity contribution >= 4 is 17.5 Å². The number of piperidine rings is 1. The molecule has 0 unspecified atom stereocenters. The van der Waals surface area contributed by atoms with E-state index in [0.717, 1.165) is 54.0 Å². The van der Waals surface area contributed by atoms with Gasteiger partial charge in [-0.2, -0.15) is 19.7 Å². The molecule has 9 nitrogen and oxygen atoms in total. The van der Waals surface area contributed by atoms with E-state index in [1.807, 2.05) is 70.5 Å². The van der Waals surface area contributed by atoms with Gasteiger partial charge in [0.1, 0.15) is 0 Å². The second kappa shape index (κ2) is 10.9. The quantitative estimate of drug-likeness (QED) is 0.293. The fraction of sp³-hybridized carbons (Fsp3) is 0.323. The van der Waals surface area contributed by atoms with Crippen LogP contribution in [0, 0.1) is 5.92 Å². The molecular weight excluding hydrogens is 500 g/mol. The van der Waals surface area contributed by atoms with Crippen molar-refractivity contribution in [3.05, 3.63) is 89.9 Å². The minimum Gasteiger partial charge on any atom is -0.350 e. The minimum absolute atomic E-state index is 0.0654. The smallest absolute Gasteiger partial charge is 0.253 e. The molecule has 9 heteroatoms. The molecule has 3 aromatic heterocycles. The van der Waals surface area contributed by atoms with Crippen LogP contribution >= 0.6 is 0 Å². The Hall–Kier alpha value is -4.53. The summed E-state index contributed by atoms with van der Waals surface area (Å²) in [4.78, 5) is 25.1. The highest BCUT2D eigenvalue weighted by Crippen LogP contribution is 2.26. The minimum atomic E-state index is 0.0654. The average molecular weight is 535 g/mol. The maximum atomic E-state index is 13.3. The zero-order valence-electron chi connectivity index (χ0n) is 23.2. The second-order valence-electron chi connectivity index (χ2n) is 10.8. The Morgan fingerprint density at radius 1 is 1.02 bits per heavy atom. The molecule has 6 rings (SSSR count). The van der Waals surface area contributed by atoms with Gasteiger partial charge in [0.2, 0.25) is 5.95 Å². The van der Waals surface area contributed by atoms with Crippen molar-refractivity contribution in [1.82, 2.24) is 34.3 Å². The Morgan fingerprint density at radius 2 is 1.85 bits per heavy atom. The summed E-state index contributed by atoms with van der Waals surface area (Å²) in [5.74, 6) is 2.11. The first-order valence-electron chi connectivity index (χ1n) is 13.9. The number of amides is 1. The standard InChI is InChI=1S/C31H34N8O/c1-21(2)26-20-34-39-29(26)35-28(23-9-6-10-24(18-23)30(40)37-16-12-22(3)13-17-37)36-31(39)32-19-25-8-4-5-11-27(25)38-15-7-14-33-38/h4-11,14-15,18,20-22H,12-13,16-17,19H2,1-3H3,(H,32,35,36). The molecule has 2 aromatic carbocycles. The van der Waals surface area contributed by atoms with Crippen LogP contribution in [0.4, 0.5) is 5.95 Å². The molecule has 5 aromatic rings. The maximum absolute atomic E-state index is 13.3. The molecule has 0 saturated carbocycles. The molecule has 204 valence electrons. The number of para-hydroxylation sites is 1. The van der Waals surface area contributed by atoms with E-state index in [-0.39, 0.29) is 11.8 Å². The molecule has 0 aliphatic carbocycles. The summed E-state index contributed by atoms with van der Waals surface area (Å²) < 4.78 is 3.62. The zero-order chi connectivity index (χ0) is 27.6. The zero-order valence-corrected chi connectivity index (χ0v) is 23.2. The van der Waals surface area contributed by atoms with Crippen LogP contribution in [0.2, 0.25) is 0 Å². The third-order valence-electron chi connectivity index (χ3n) is 7.64. The number of fused-ring (bicyclic) bond motifs is 1. The first-order valence-corrected chi connectivity index (χ1v) is 13.9. The summed E-state index contributed by atoms with van der Waals surface area (Å²) >= 11 is 0. The van der Waals surface area contributed by atoms with E-state index in [9.17, 15) is 4.79 Å². The summed E-state index contributed by atoms with van der Waals surface area (Å²) in [7, 11) is 0. The highest BCUT2D eigenvalue weighted by Gasteiger charge is 2.22. The van der Waals surface area contributed by atoms with Crippen molar-refractivity contribution in [2.45, 2.75) is 46.1 Å². The van der Waals surface area contributed by atoms with Crippen LogP contribution in [0.5, 0.6) is 0 Å². The van der Waals surface area contributed by atoms with Gasteiger partial charge in [-0.15, -0.1) is 0 Å². The summed E-state index contributed by atoms with van der Waals surface area (Å²) in [5.41, 5.74) is 5.32. The fourth-order valence-electron chi connectivity index (χ4n) is 5.20. The van der Waals surface area contributed by atoms with Crippen LogP contribution in [-0.4, -0.2) is 53.3 Å². The normalized spacial score (nSPS) is 14.2. The third-order valence-corrected chi connectivity index (χ3v) is 7.64. The monoisotopic (exact) mass is 534 g/mol. The number of aromatic nitrogens is 6. The van der Waals surface area contributed by atoms with E-state index in [0.29, 0.717) is 29.8 Å². The van der Waals surface area contributed by atoms with E-state index in [1.54, 1.807) is 10.7 Å². The van der Waals surface area contributed by atoms with Gasteiger partial charge in [0.25, 0.3) is 5.91 Å². The van der Waals surface area contributed by atoms with Gasteiger partial charge in [-0.05, 0) is 54.5 Å². The molecule has 1 aliphatic rings. The van der Waals surface area contributed by atoms with Gasteiger partial charge in [0, 0.05) is 48.7 Å². The lowest BCUT2D eigenvalue weighted by atomic mass is 9.98. The van der Waals surface area contributed by atoms with Gasteiger partial charge in [0.15, 0.2) is 11.5 Å². The van der Waals surface area contributed by atoms with E-state index in [2.05, 4.69) is 42.4 Å². The van der Waals surface area contributed by atoms with Gasteiger partial charge in [-0.1, -0.05) is 51.1 Å². The molecule has 0 atom stereocenters. The van der Waals surface area contributed by atoms with Crippen molar-refractivity contribution in [3.63, 3.8) is 0 Å². The number of nitrogens with one attached hydrogen (secondary N) is 1. The Labute approximate surface area is 233 Å². The van der Waals surface area contributed by atoms with Crippen LogP contribution in [0.1, 0.15) is 61.0 Å². The van der Waals surface area contributed by atoms with Gasteiger partial charge in [-0.25, -0.2) is 9.67 Å². The number of hydrogen-bond acceptors (Lipinski definition) is 6. The molecule has 0 radical (unpaired) electrons. The molecule has 1 amide bonds. The molecule has 0 spiro atoms. The number of hydrogen-bond donors (Lipinski definition) is 1. The van der Waals surface area contributed by atoms with Crippen LogP contribution in [0.25, 0.3) is 22.7 Å². The molecule has 0 bridgehead atoms. The van der Waals surface area contributed by atoms with Crippen molar-refractivity contribution in [2.75, 3.05) is 18.4 Å². The van der Waals surface area contributed by atoms with Gasteiger partial charge in [-0.3, -0.25) is 4.79 Å². The highest BCUT2D eigenvalue weighted by atomic mass is 16.2. The summed E-state index contributed by atoms with van der Waals surface area (Å²) in [6, 6.07) is 17.7. The Kier molecular flexibility index (Phi) is 7.02. The number of nitrogens with zero attached hydrogens (tertiary/aromatic N) is 7. The lowest BCUT2D eigenvalue weighted by molar-refractivity contribution is 0.0697. The van der Waals surface area contributed by atoms with Gasteiger partial charge < -0.3 is 10.2 Å². The van der Waals surface area contributed by atoms with Crippen molar-refractivity contribution in [3.8, 4) is 17.1 Å². The Bertz CT molecular complexity index is 1630.